The molecular weight excluding hydrogens is 394 g/mol. The number of thiophene rings is 1. The largest absolute Gasteiger partial charge is 0.321 e. The summed E-state index contributed by atoms with van der Waals surface area (Å²) in [4.78, 5) is 18.7. The van der Waals surface area contributed by atoms with Crippen molar-refractivity contribution in [3.63, 3.8) is 0 Å². The Kier molecular flexibility index (Phi) is 4.65. The Morgan fingerprint density at radius 1 is 1.10 bits per heavy atom. The van der Waals surface area contributed by atoms with Crippen molar-refractivity contribution >= 4 is 33.1 Å². The van der Waals surface area contributed by atoms with E-state index in [4.69, 9.17) is 0 Å². The van der Waals surface area contributed by atoms with E-state index >= 15 is 0 Å². The molecule has 2 aromatic carbocycles. The minimum atomic E-state index is -0.121. The predicted octanol–water partition coefficient (Wildman–Crippen LogP) is 4.89. The van der Waals surface area contributed by atoms with Gasteiger partial charge in [-0.25, -0.2) is 4.98 Å². The van der Waals surface area contributed by atoms with Crippen molar-refractivity contribution in [2.24, 2.45) is 0 Å². The molecule has 5 rings (SSSR count). The minimum absolute atomic E-state index is 0.121. The Hall–Kier alpha value is -3.71. The molecule has 0 atom stereocenters. The van der Waals surface area contributed by atoms with Crippen molar-refractivity contribution in [3.05, 3.63) is 95.5 Å². The molecule has 0 fully saturated rings. The van der Waals surface area contributed by atoms with E-state index in [2.05, 4.69) is 27.5 Å². The molecule has 1 N–H and O–H groups in total. The third-order valence-electron chi connectivity index (χ3n) is 4.91. The minimum Gasteiger partial charge on any atom is -0.321 e. The molecule has 6 nitrogen and oxygen atoms in total. The highest BCUT2D eigenvalue weighted by atomic mass is 32.1. The van der Waals surface area contributed by atoms with Crippen molar-refractivity contribution in [1.82, 2.24) is 19.3 Å². The van der Waals surface area contributed by atoms with Crippen molar-refractivity contribution in [2.75, 3.05) is 5.32 Å². The predicted molar refractivity (Wildman–Crippen MR) is 119 cm³/mol. The van der Waals surface area contributed by atoms with Crippen LogP contribution in [0.25, 0.3) is 15.9 Å². The quantitative estimate of drug-likeness (QED) is 0.446. The zero-order chi connectivity index (χ0) is 20.5. The van der Waals surface area contributed by atoms with Gasteiger partial charge in [-0.2, -0.15) is 5.10 Å². The lowest BCUT2D eigenvalue weighted by Gasteiger charge is -2.07. The summed E-state index contributed by atoms with van der Waals surface area (Å²) in [5.74, 6) is -0.121. The average Bonchev–Trinajstić information content (AvgIpc) is 3.49. The summed E-state index contributed by atoms with van der Waals surface area (Å²) in [5.41, 5.74) is 3.79. The number of carbonyl (C=O) groups is 1. The van der Waals surface area contributed by atoms with E-state index in [0.717, 1.165) is 27.3 Å². The number of hydrogen-bond donors (Lipinski definition) is 1. The van der Waals surface area contributed by atoms with Gasteiger partial charge in [-0.3, -0.25) is 9.48 Å². The van der Waals surface area contributed by atoms with Crippen molar-refractivity contribution in [1.29, 1.82) is 0 Å². The van der Waals surface area contributed by atoms with Crippen LogP contribution in [0.5, 0.6) is 0 Å². The van der Waals surface area contributed by atoms with Crippen molar-refractivity contribution < 1.29 is 4.79 Å². The summed E-state index contributed by atoms with van der Waals surface area (Å²) >= 11 is 1.47. The van der Waals surface area contributed by atoms with E-state index in [-0.39, 0.29) is 5.91 Å². The molecule has 3 aromatic heterocycles. The van der Waals surface area contributed by atoms with Gasteiger partial charge in [0.1, 0.15) is 4.83 Å². The second-order valence-electron chi connectivity index (χ2n) is 7.03. The molecular formula is C23H19N5OS. The second-order valence-corrected chi connectivity index (χ2v) is 8.06. The summed E-state index contributed by atoms with van der Waals surface area (Å²) in [7, 11) is 0. The third-order valence-corrected chi connectivity index (χ3v) is 6.06. The summed E-state index contributed by atoms with van der Waals surface area (Å²) in [5, 5.41) is 8.69. The maximum absolute atomic E-state index is 12.9. The van der Waals surface area contributed by atoms with Gasteiger partial charge in [0, 0.05) is 29.2 Å². The molecule has 1 amide bonds. The first-order valence-electron chi connectivity index (χ1n) is 9.58. The number of fused-ring (bicyclic) bond motifs is 1. The van der Waals surface area contributed by atoms with Crippen LogP contribution in [-0.2, 0) is 6.54 Å². The monoisotopic (exact) mass is 413 g/mol. The molecule has 0 radical (unpaired) electrons. The molecule has 3 heterocycles. The van der Waals surface area contributed by atoms with Crippen LogP contribution >= 0.6 is 11.3 Å². The van der Waals surface area contributed by atoms with Gasteiger partial charge in [0.15, 0.2) is 0 Å². The van der Waals surface area contributed by atoms with Gasteiger partial charge < -0.3 is 9.88 Å². The second kappa shape index (κ2) is 7.61. The summed E-state index contributed by atoms with van der Waals surface area (Å²) < 4.78 is 3.87. The molecule has 5 aromatic rings. The van der Waals surface area contributed by atoms with Gasteiger partial charge in [0.25, 0.3) is 5.91 Å². The number of carbonyl (C=O) groups excluding carboxylic acids is 1. The molecule has 30 heavy (non-hydrogen) atoms. The van der Waals surface area contributed by atoms with Crippen LogP contribution in [0.15, 0.2) is 79.4 Å². The van der Waals surface area contributed by atoms with Crippen molar-refractivity contribution in [2.45, 2.75) is 13.5 Å². The maximum atomic E-state index is 12.9. The Labute approximate surface area is 177 Å². The van der Waals surface area contributed by atoms with Crippen LogP contribution in [0.3, 0.4) is 0 Å². The zero-order valence-corrected chi connectivity index (χ0v) is 17.1. The number of aromatic nitrogens is 4. The Bertz CT molecular complexity index is 1320. The smallest absolute Gasteiger partial charge is 0.265 e. The van der Waals surface area contributed by atoms with Crippen LogP contribution in [0.2, 0.25) is 0 Å². The Morgan fingerprint density at radius 3 is 2.77 bits per heavy atom. The molecule has 7 heteroatoms. The fraction of sp³-hybridized carbons (Fsp3) is 0.0870. The van der Waals surface area contributed by atoms with E-state index in [0.29, 0.717) is 11.4 Å². The molecule has 148 valence electrons. The molecule has 0 saturated heterocycles. The number of hydrogen-bond acceptors (Lipinski definition) is 4. The molecule has 0 spiro atoms. The van der Waals surface area contributed by atoms with E-state index in [1.54, 1.807) is 12.5 Å². The average molecular weight is 414 g/mol. The van der Waals surface area contributed by atoms with Gasteiger partial charge in [0.05, 0.1) is 23.4 Å². The zero-order valence-electron chi connectivity index (χ0n) is 16.3. The highest BCUT2D eigenvalue weighted by Crippen LogP contribution is 2.29. The number of rotatable bonds is 5. The lowest BCUT2D eigenvalue weighted by atomic mass is 10.2. The highest BCUT2D eigenvalue weighted by molar-refractivity contribution is 7.20. The van der Waals surface area contributed by atoms with E-state index in [9.17, 15) is 4.79 Å². The van der Waals surface area contributed by atoms with Gasteiger partial charge in [0.2, 0.25) is 0 Å². The van der Waals surface area contributed by atoms with E-state index in [1.807, 2.05) is 70.9 Å². The highest BCUT2D eigenvalue weighted by Gasteiger charge is 2.17. The summed E-state index contributed by atoms with van der Waals surface area (Å²) in [6.45, 7) is 2.66. The first kappa shape index (κ1) is 18.3. The Balaban J connectivity index is 1.40. The van der Waals surface area contributed by atoms with Crippen molar-refractivity contribution in [3.8, 4) is 5.69 Å². The Morgan fingerprint density at radius 2 is 1.97 bits per heavy atom. The van der Waals surface area contributed by atoms with Gasteiger partial charge in [-0.1, -0.05) is 36.4 Å². The lowest BCUT2D eigenvalue weighted by molar-refractivity contribution is 0.103. The van der Waals surface area contributed by atoms with E-state index < -0.39 is 0 Å². The van der Waals surface area contributed by atoms with Gasteiger partial charge >= 0.3 is 0 Å². The molecule has 0 unspecified atom stereocenters. The number of nitrogens with zero attached hydrogens (tertiary/aromatic N) is 4. The first-order valence-corrected chi connectivity index (χ1v) is 10.4. The number of aryl methyl sites for hydroxylation is 1. The summed E-state index contributed by atoms with van der Waals surface area (Å²) in [6, 6.07) is 19.8. The first-order chi connectivity index (χ1) is 14.7. The fourth-order valence-electron chi connectivity index (χ4n) is 3.44. The molecule has 0 bridgehead atoms. The normalized spacial score (nSPS) is 11.1. The molecule has 0 aliphatic heterocycles. The van der Waals surface area contributed by atoms with Gasteiger partial charge in [-0.15, -0.1) is 11.3 Å². The van der Waals surface area contributed by atoms with Gasteiger partial charge in [-0.05, 0) is 36.8 Å². The standard InChI is InChI=1S/C23H19N5OS/c1-16-20-13-21(30-23(20)28(26-16)14-17-6-3-2-4-7-17)22(29)25-18-8-5-9-19(12-18)27-11-10-24-15-27/h2-13,15H,14H2,1H3,(H,25,29). The number of nitrogens with one attached hydrogen (secondary N) is 1. The number of benzene rings is 2. The molecule has 0 saturated carbocycles. The number of anilines is 1. The number of amides is 1. The SMILES string of the molecule is Cc1nn(Cc2ccccc2)c2sc(C(=O)Nc3cccc(-n4ccnc4)c3)cc12. The molecule has 0 aliphatic carbocycles. The van der Waals surface area contributed by atoms with Crippen LogP contribution in [-0.4, -0.2) is 25.2 Å². The van der Waals surface area contributed by atoms with Crippen LogP contribution in [0.1, 0.15) is 20.9 Å². The van der Waals surface area contributed by atoms with Crippen LogP contribution < -0.4 is 5.32 Å². The maximum Gasteiger partial charge on any atom is 0.265 e. The third kappa shape index (κ3) is 3.51. The van der Waals surface area contributed by atoms with Crippen LogP contribution in [0.4, 0.5) is 5.69 Å². The topological polar surface area (TPSA) is 64.7 Å². The fourth-order valence-corrected chi connectivity index (χ4v) is 4.49. The van der Waals surface area contributed by atoms with E-state index in [1.165, 1.54) is 16.9 Å². The summed E-state index contributed by atoms with van der Waals surface area (Å²) in [6.07, 6.45) is 5.33. The number of imidazole rings is 1. The lowest BCUT2D eigenvalue weighted by Crippen LogP contribution is -2.10. The molecule has 0 aliphatic rings. The van der Waals surface area contributed by atoms with Crippen LogP contribution in [0, 0.1) is 6.92 Å².